The average molecular weight is 273 g/mol. The van der Waals surface area contributed by atoms with Gasteiger partial charge in [0.2, 0.25) is 0 Å². The van der Waals surface area contributed by atoms with Crippen LogP contribution >= 0.6 is 0 Å². The molecule has 0 spiro atoms. The fourth-order valence-electron chi connectivity index (χ4n) is 1.79. The molecule has 1 aromatic heterocycles. The Morgan fingerprint density at radius 1 is 1.30 bits per heavy atom. The van der Waals surface area contributed by atoms with E-state index in [-0.39, 0.29) is 18.2 Å². The molecular weight excluding hydrogens is 254 g/mol. The molecule has 0 amide bonds. The van der Waals surface area contributed by atoms with Gasteiger partial charge in [-0.25, -0.2) is 4.98 Å². The van der Waals surface area contributed by atoms with E-state index >= 15 is 0 Å². The molecule has 1 heterocycles. The van der Waals surface area contributed by atoms with Crippen LogP contribution in [0.25, 0.3) is 0 Å². The SMILES string of the molecule is Cc1ccc(OCc2nc(C(C)N)cc(=O)[nH]2)cc1C. The Balaban J connectivity index is 2.14. The first-order chi connectivity index (χ1) is 9.45. The van der Waals surface area contributed by atoms with Gasteiger partial charge < -0.3 is 15.5 Å². The first kappa shape index (κ1) is 14.3. The van der Waals surface area contributed by atoms with Crippen molar-refractivity contribution in [2.45, 2.75) is 33.4 Å². The molecule has 0 fully saturated rings. The smallest absolute Gasteiger partial charge is 0.251 e. The summed E-state index contributed by atoms with van der Waals surface area (Å²) in [6.07, 6.45) is 0. The summed E-state index contributed by atoms with van der Waals surface area (Å²) in [5.41, 5.74) is 8.46. The van der Waals surface area contributed by atoms with Gasteiger partial charge >= 0.3 is 0 Å². The second-order valence-corrected chi connectivity index (χ2v) is 4.94. The van der Waals surface area contributed by atoms with Crippen LogP contribution in [0.1, 0.15) is 35.6 Å². The molecule has 1 aromatic carbocycles. The molecule has 0 aliphatic carbocycles. The monoisotopic (exact) mass is 273 g/mol. The van der Waals surface area contributed by atoms with Crippen molar-refractivity contribution in [3.8, 4) is 5.75 Å². The third-order valence-electron chi connectivity index (χ3n) is 3.13. The van der Waals surface area contributed by atoms with Gasteiger partial charge in [-0.1, -0.05) is 6.07 Å². The molecule has 20 heavy (non-hydrogen) atoms. The van der Waals surface area contributed by atoms with Gasteiger partial charge in [0, 0.05) is 12.1 Å². The van der Waals surface area contributed by atoms with E-state index in [9.17, 15) is 4.79 Å². The molecule has 3 N–H and O–H groups in total. The van der Waals surface area contributed by atoms with Gasteiger partial charge in [0.05, 0.1) is 5.69 Å². The molecule has 0 saturated carbocycles. The summed E-state index contributed by atoms with van der Waals surface area (Å²) in [5.74, 6) is 1.23. The summed E-state index contributed by atoms with van der Waals surface area (Å²) in [6, 6.07) is 6.99. The van der Waals surface area contributed by atoms with Crippen LogP contribution in [0.2, 0.25) is 0 Å². The van der Waals surface area contributed by atoms with Gasteiger partial charge in [0.15, 0.2) is 0 Å². The number of aromatic amines is 1. The third-order valence-corrected chi connectivity index (χ3v) is 3.13. The topological polar surface area (TPSA) is 81.0 Å². The van der Waals surface area contributed by atoms with Crippen LogP contribution < -0.4 is 16.0 Å². The molecule has 5 heteroatoms. The van der Waals surface area contributed by atoms with Crippen LogP contribution in [0.4, 0.5) is 0 Å². The average Bonchev–Trinajstić information content (AvgIpc) is 2.39. The van der Waals surface area contributed by atoms with Crippen molar-refractivity contribution < 1.29 is 4.74 Å². The Morgan fingerprint density at radius 3 is 2.70 bits per heavy atom. The lowest BCUT2D eigenvalue weighted by atomic mass is 10.1. The van der Waals surface area contributed by atoms with E-state index < -0.39 is 0 Å². The van der Waals surface area contributed by atoms with E-state index in [1.54, 1.807) is 6.92 Å². The Labute approximate surface area is 117 Å². The zero-order valence-electron chi connectivity index (χ0n) is 11.9. The molecule has 1 unspecified atom stereocenters. The first-order valence-electron chi connectivity index (χ1n) is 6.51. The van der Waals surface area contributed by atoms with Crippen molar-refractivity contribution in [3.05, 3.63) is 57.3 Å². The van der Waals surface area contributed by atoms with Gasteiger partial charge in [-0.05, 0) is 44.0 Å². The molecule has 1 atom stereocenters. The Bertz CT molecular complexity index is 662. The van der Waals surface area contributed by atoms with Crippen LogP contribution in [-0.2, 0) is 6.61 Å². The standard InChI is InChI=1S/C15H19N3O2/c1-9-4-5-12(6-10(9)2)20-8-14-17-13(11(3)16)7-15(19)18-14/h4-7,11H,8,16H2,1-3H3,(H,17,18,19). The quantitative estimate of drug-likeness (QED) is 0.892. The molecule has 0 aliphatic heterocycles. The highest BCUT2D eigenvalue weighted by Gasteiger charge is 2.06. The molecule has 0 aliphatic rings. The predicted octanol–water partition coefficient (Wildman–Crippen LogP) is 1.99. The number of benzene rings is 1. The molecule has 106 valence electrons. The molecular formula is C15H19N3O2. The zero-order chi connectivity index (χ0) is 14.7. The normalized spacial score (nSPS) is 12.2. The second kappa shape index (κ2) is 5.88. The number of nitrogens with two attached hydrogens (primary N) is 1. The number of hydrogen-bond donors (Lipinski definition) is 2. The number of aromatic nitrogens is 2. The first-order valence-corrected chi connectivity index (χ1v) is 6.51. The molecule has 0 radical (unpaired) electrons. The van der Waals surface area contributed by atoms with Crippen molar-refractivity contribution in [1.82, 2.24) is 9.97 Å². The van der Waals surface area contributed by atoms with Crippen molar-refractivity contribution in [2.24, 2.45) is 5.73 Å². The lowest BCUT2D eigenvalue weighted by Crippen LogP contribution is -2.18. The highest BCUT2D eigenvalue weighted by Crippen LogP contribution is 2.17. The summed E-state index contributed by atoms with van der Waals surface area (Å²) in [4.78, 5) is 18.5. The van der Waals surface area contributed by atoms with E-state index in [1.165, 1.54) is 11.6 Å². The van der Waals surface area contributed by atoms with Crippen molar-refractivity contribution in [2.75, 3.05) is 0 Å². The molecule has 0 bridgehead atoms. The van der Waals surface area contributed by atoms with Crippen LogP contribution in [0.5, 0.6) is 5.75 Å². The third kappa shape index (κ3) is 3.45. The lowest BCUT2D eigenvalue weighted by molar-refractivity contribution is 0.294. The highest BCUT2D eigenvalue weighted by atomic mass is 16.5. The number of H-pyrrole nitrogens is 1. The highest BCUT2D eigenvalue weighted by molar-refractivity contribution is 5.33. The minimum absolute atomic E-state index is 0.207. The maximum atomic E-state index is 11.5. The molecule has 0 saturated heterocycles. The van der Waals surface area contributed by atoms with Crippen molar-refractivity contribution in [1.29, 1.82) is 0 Å². The van der Waals surface area contributed by atoms with Crippen molar-refractivity contribution in [3.63, 3.8) is 0 Å². The Morgan fingerprint density at radius 2 is 2.05 bits per heavy atom. The fourth-order valence-corrected chi connectivity index (χ4v) is 1.79. The van der Waals surface area contributed by atoms with Crippen molar-refractivity contribution >= 4 is 0 Å². The van der Waals surface area contributed by atoms with E-state index in [1.807, 2.05) is 32.0 Å². The predicted molar refractivity (Wildman–Crippen MR) is 77.7 cm³/mol. The summed E-state index contributed by atoms with van der Waals surface area (Å²) in [6.45, 7) is 6.07. The maximum absolute atomic E-state index is 11.5. The van der Waals surface area contributed by atoms with E-state index in [0.29, 0.717) is 11.5 Å². The van der Waals surface area contributed by atoms with E-state index in [0.717, 1.165) is 11.3 Å². The summed E-state index contributed by atoms with van der Waals surface area (Å²) >= 11 is 0. The summed E-state index contributed by atoms with van der Waals surface area (Å²) in [7, 11) is 0. The Hall–Kier alpha value is -2.14. The number of nitrogens with zero attached hydrogens (tertiary/aromatic N) is 1. The minimum Gasteiger partial charge on any atom is -0.486 e. The van der Waals surface area contributed by atoms with Gasteiger partial charge in [-0.3, -0.25) is 4.79 Å². The second-order valence-electron chi connectivity index (χ2n) is 4.94. The Kier molecular flexibility index (Phi) is 4.20. The molecule has 2 rings (SSSR count). The van der Waals surface area contributed by atoms with Gasteiger partial charge in [0.1, 0.15) is 18.2 Å². The fraction of sp³-hybridized carbons (Fsp3) is 0.333. The molecule has 2 aromatic rings. The maximum Gasteiger partial charge on any atom is 0.251 e. The lowest BCUT2D eigenvalue weighted by Gasteiger charge is -2.09. The van der Waals surface area contributed by atoms with Crippen LogP contribution in [0.3, 0.4) is 0 Å². The van der Waals surface area contributed by atoms with Crippen LogP contribution in [-0.4, -0.2) is 9.97 Å². The largest absolute Gasteiger partial charge is 0.486 e. The van der Waals surface area contributed by atoms with Gasteiger partial charge in [0.25, 0.3) is 5.56 Å². The van der Waals surface area contributed by atoms with Crippen LogP contribution in [0.15, 0.2) is 29.1 Å². The van der Waals surface area contributed by atoms with Gasteiger partial charge in [-0.15, -0.1) is 0 Å². The van der Waals surface area contributed by atoms with Crippen LogP contribution in [0, 0.1) is 13.8 Å². The zero-order valence-corrected chi connectivity index (χ0v) is 11.9. The molecule has 5 nitrogen and oxygen atoms in total. The van der Waals surface area contributed by atoms with Gasteiger partial charge in [-0.2, -0.15) is 0 Å². The number of nitrogens with one attached hydrogen (secondary N) is 1. The number of ether oxygens (including phenoxy) is 1. The van der Waals surface area contributed by atoms with E-state index in [4.69, 9.17) is 10.5 Å². The van der Waals surface area contributed by atoms with E-state index in [2.05, 4.69) is 9.97 Å². The number of aryl methyl sites for hydroxylation is 2. The summed E-state index contributed by atoms with van der Waals surface area (Å²) < 4.78 is 5.64. The minimum atomic E-state index is -0.280. The summed E-state index contributed by atoms with van der Waals surface area (Å²) in [5, 5.41) is 0. The number of hydrogen-bond acceptors (Lipinski definition) is 4. The number of rotatable bonds is 4.